The number of nitrogens with one attached hydrogen (secondary N) is 4. The third-order valence-electron chi connectivity index (χ3n) is 8.78. The van der Waals surface area contributed by atoms with E-state index in [4.69, 9.17) is 9.47 Å². The first-order valence-electron chi connectivity index (χ1n) is 16.9. The quantitative estimate of drug-likeness (QED) is 0.136. The van der Waals surface area contributed by atoms with Crippen molar-refractivity contribution in [2.75, 3.05) is 19.0 Å². The number of H-pyrrole nitrogens is 1. The van der Waals surface area contributed by atoms with Crippen LogP contribution in [0.2, 0.25) is 0 Å². The molecule has 12 nitrogen and oxygen atoms in total. The van der Waals surface area contributed by atoms with Gasteiger partial charge in [-0.3, -0.25) is 9.59 Å². The van der Waals surface area contributed by atoms with Gasteiger partial charge in [-0.2, -0.15) is 18.4 Å². The summed E-state index contributed by atoms with van der Waals surface area (Å²) in [6.07, 6.45) is -2.42. The molecule has 1 saturated carbocycles. The number of carbonyl (C=O) groups is 3. The molecule has 5 rings (SSSR count). The predicted octanol–water partition coefficient (Wildman–Crippen LogP) is 6.56. The number of alkyl halides is 3. The Bertz CT molecular complexity index is 1820. The van der Waals surface area contributed by atoms with Crippen molar-refractivity contribution in [2.45, 2.75) is 70.7 Å². The molecule has 1 heterocycles. The highest BCUT2D eigenvalue weighted by molar-refractivity contribution is 5.97. The standard InChI is InChI=1S/C37H42F3N7O5/c1-36(2,3)52-35(50)41-21-23-7-11-26(12-8-23)33(48)43-31(34(49)42-27-15-13-25(14-16-27)32-44-46-47-45-32)19-22-5-9-24(10-6-22)29-18-17-28(51-4)20-30(29)37(38,39)40/h5-6,9-10,13-18,20,23,26,31H,7-8,11-12,19,21H2,1-4H3,(H,41,50)(H,42,49)(H,43,48)(H,44,45,46,47)/t23-,26-,31-/m0/s1. The van der Waals surface area contributed by atoms with Gasteiger partial charge in [-0.25, -0.2) is 4.79 Å². The SMILES string of the molecule is COc1ccc(-c2ccc(C[C@H](NC(=O)[C@H]3CC[C@H](CNC(=O)OC(C)(C)C)CC3)C(=O)Nc3ccc(-c4nn[nH]n4)cc3)cc2)c(C(F)(F)F)c1. The Morgan fingerprint density at radius 3 is 2.19 bits per heavy atom. The molecule has 4 N–H and O–H groups in total. The zero-order chi connectivity index (χ0) is 37.5. The van der Waals surface area contributed by atoms with E-state index in [9.17, 15) is 27.6 Å². The highest BCUT2D eigenvalue weighted by Gasteiger charge is 2.34. The summed E-state index contributed by atoms with van der Waals surface area (Å²) >= 11 is 0. The summed E-state index contributed by atoms with van der Waals surface area (Å²) in [6.45, 7) is 5.82. The number of methoxy groups -OCH3 is 1. The molecule has 1 atom stereocenters. The van der Waals surface area contributed by atoms with E-state index in [0.29, 0.717) is 60.4 Å². The average Bonchev–Trinajstić information content (AvgIpc) is 3.65. The van der Waals surface area contributed by atoms with Gasteiger partial charge < -0.3 is 25.4 Å². The highest BCUT2D eigenvalue weighted by atomic mass is 19.4. The Hall–Kier alpha value is -5.47. The number of aromatic amines is 1. The topological polar surface area (TPSA) is 160 Å². The molecule has 52 heavy (non-hydrogen) atoms. The number of aromatic nitrogens is 4. The molecule has 0 saturated heterocycles. The number of nitrogens with zero attached hydrogens (tertiary/aromatic N) is 3. The van der Waals surface area contributed by atoms with Crippen LogP contribution in [-0.4, -0.2) is 63.8 Å². The zero-order valence-corrected chi connectivity index (χ0v) is 29.3. The molecule has 0 radical (unpaired) electrons. The van der Waals surface area contributed by atoms with E-state index in [2.05, 4.69) is 36.6 Å². The second-order valence-electron chi connectivity index (χ2n) is 13.8. The molecule has 1 aliphatic rings. The van der Waals surface area contributed by atoms with Crippen LogP contribution in [0.1, 0.15) is 57.6 Å². The maximum Gasteiger partial charge on any atom is 0.417 e. The maximum atomic E-state index is 13.9. The number of carbonyl (C=O) groups excluding carboxylic acids is 3. The first-order valence-corrected chi connectivity index (χ1v) is 16.9. The third-order valence-corrected chi connectivity index (χ3v) is 8.78. The lowest BCUT2D eigenvalue weighted by atomic mass is 9.81. The van der Waals surface area contributed by atoms with Crippen LogP contribution < -0.4 is 20.7 Å². The van der Waals surface area contributed by atoms with Crippen molar-refractivity contribution in [3.63, 3.8) is 0 Å². The molecule has 15 heteroatoms. The van der Waals surface area contributed by atoms with Crippen molar-refractivity contribution in [3.05, 3.63) is 77.9 Å². The monoisotopic (exact) mass is 721 g/mol. The molecule has 3 amide bonds. The molecule has 0 spiro atoms. The fourth-order valence-electron chi connectivity index (χ4n) is 6.08. The number of ether oxygens (including phenoxy) is 2. The van der Waals surface area contributed by atoms with Gasteiger partial charge in [0.25, 0.3) is 0 Å². The molecule has 0 unspecified atom stereocenters. The summed E-state index contributed by atoms with van der Waals surface area (Å²) in [4.78, 5) is 39.3. The number of amides is 3. The lowest BCUT2D eigenvalue weighted by molar-refractivity contribution is -0.137. The largest absolute Gasteiger partial charge is 0.497 e. The van der Waals surface area contributed by atoms with Gasteiger partial charge in [0.15, 0.2) is 0 Å². The van der Waals surface area contributed by atoms with Crippen molar-refractivity contribution >= 4 is 23.6 Å². The van der Waals surface area contributed by atoms with E-state index in [1.54, 1.807) is 69.3 Å². The number of anilines is 1. The number of alkyl carbamates (subject to hydrolysis) is 1. The van der Waals surface area contributed by atoms with E-state index in [1.165, 1.54) is 19.2 Å². The molecule has 3 aromatic carbocycles. The Balaban J connectivity index is 1.28. The fourth-order valence-corrected chi connectivity index (χ4v) is 6.08. The minimum absolute atomic E-state index is 0.0105. The second-order valence-corrected chi connectivity index (χ2v) is 13.8. The van der Waals surface area contributed by atoms with E-state index in [0.717, 1.165) is 6.07 Å². The summed E-state index contributed by atoms with van der Waals surface area (Å²) < 4.78 is 52.1. The molecule has 1 aliphatic carbocycles. The minimum atomic E-state index is -4.60. The van der Waals surface area contributed by atoms with Gasteiger partial charge in [0.05, 0.1) is 12.7 Å². The first-order chi connectivity index (χ1) is 24.7. The van der Waals surface area contributed by atoms with Crippen LogP contribution in [0.4, 0.5) is 23.7 Å². The van der Waals surface area contributed by atoms with Crippen molar-refractivity contribution in [1.29, 1.82) is 0 Å². The first kappa shape index (κ1) is 37.8. The van der Waals surface area contributed by atoms with Crippen LogP contribution in [-0.2, 0) is 26.9 Å². The molecular weight excluding hydrogens is 679 g/mol. The summed E-state index contributed by atoms with van der Waals surface area (Å²) in [6, 6.07) is 16.0. The van der Waals surface area contributed by atoms with Crippen molar-refractivity contribution in [1.82, 2.24) is 31.3 Å². The van der Waals surface area contributed by atoms with E-state index in [1.807, 2.05) is 0 Å². The summed E-state index contributed by atoms with van der Waals surface area (Å²) in [7, 11) is 1.30. The maximum absolute atomic E-state index is 13.9. The lowest BCUT2D eigenvalue weighted by Crippen LogP contribution is -2.48. The van der Waals surface area contributed by atoms with Gasteiger partial charge in [-0.15, -0.1) is 10.2 Å². The molecule has 0 bridgehead atoms. The third kappa shape index (κ3) is 10.3. The van der Waals surface area contributed by atoms with E-state index < -0.39 is 35.4 Å². The van der Waals surface area contributed by atoms with Gasteiger partial charge >= 0.3 is 12.3 Å². The molecule has 4 aromatic rings. The van der Waals surface area contributed by atoms with Gasteiger partial charge in [0, 0.05) is 30.1 Å². The van der Waals surface area contributed by atoms with Crippen LogP contribution in [0.3, 0.4) is 0 Å². The number of rotatable bonds is 11. The van der Waals surface area contributed by atoms with Crippen LogP contribution in [0, 0.1) is 11.8 Å². The Morgan fingerprint density at radius 1 is 0.923 bits per heavy atom. The summed E-state index contributed by atoms with van der Waals surface area (Å²) in [5.74, 6) is -0.398. The van der Waals surface area contributed by atoms with E-state index in [-0.39, 0.29) is 35.5 Å². The minimum Gasteiger partial charge on any atom is -0.497 e. The van der Waals surface area contributed by atoms with Crippen LogP contribution in [0.25, 0.3) is 22.5 Å². The van der Waals surface area contributed by atoms with Gasteiger partial charge in [0.2, 0.25) is 17.6 Å². The Kier molecular flexibility index (Phi) is 11.8. The summed E-state index contributed by atoms with van der Waals surface area (Å²) in [5, 5.41) is 22.4. The zero-order valence-electron chi connectivity index (χ0n) is 29.3. The molecule has 1 fully saturated rings. The lowest BCUT2D eigenvalue weighted by Gasteiger charge is -2.29. The number of hydrogen-bond donors (Lipinski definition) is 4. The highest BCUT2D eigenvalue weighted by Crippen LogP contribution is 2.39. The summed E-state index contributed by atoms with van der Waals surface area (Å²) in [5.41, 5.74) is 0.687. The average molecular weight is 722 g/mol. The van der Waals surface area contributed by atoms with Gasteiger partial charge in [0.1, 0.15) is 17.4 Å². The van der Waals surface area contributed by atoms with Gasteiger partial charge in [-0.1, -0.05) is 30.3 Å². The molecule has 0 aliphatic heterocycles. The number of halogens is 3. The fraction of sp³-hybridized carbons (Fsp3) is 0.405. The van der Waals surface area contributed by atoms with Gasteiger partial charge in [-0.05, 0) is 111 Å². The predicted molar refractivity (Wildman–Crippen MR) is 187 cm³/mol. The smallest absolute Gasteiger partial charge is 0.417 e. The van der Waals surface area contributed by atoms with Crippen LogP contribution in [0.5, 0.6) is 5.75 Å². The Labute approximate surface area is 299 Å². The van der Waals surface area contributed by atoms with Crippen LogP contribution in [0.15, 0.2) is 66.7 Å². The van der Waals surface area contributed by atoms with Crippen molar-refractivity contribution in [3.8, 4) is 28.3 Å². The van der Waals surface area contributed by atoms with Crippen molar-refractivity contribution in [2.24, 2.45) is 11.8 Å². The molecular formula is C37H42F3N7O5. The van der Waals surface area contributed by atoms with Crippen LogP contribution >= 0.6 is 0 Å². The van der Waals surface area contributed by atoms with Crippen molar-refractivity contribution < 1.29 is 37.0 Å². The normalized spacial score (nSPS) is 16.8. The molecule has 276 valence electrons. The number of hydrogen-bond acceptors (Lipinski definition) is 8. The molecule has 1 aromatic heterocycles. The van der Waals surface area contributed by atoms with E-state index >= 15 is 0 Å². The number of tetrazole rings is 1. The number of benzene rings is 3. The second kappa shape index (κ2) is 16.3. The Morgan fingerprint density at radius 2 is 1.60 bits per heavy atom.